The molecule has 0 fully saturated rings. The van der Waals surface area contributed by atoms with Gasteiger partial charge in [-0.2, -0.15) is 13.2 Å². The minimum Gasteiger partial charge on any atom is -0.478 e. The third-order valence-electron chi connectivity index (χ3n) is 3.92. The van der Waals surface area contributed by atoms with Crippen LogP contribution in [0.15, 0.2) is 54.1 Å². The van der Waals surface area contributed by atoms with Crippen molar-refractivity contribution in [3.05, 3.63) is 70.3 Å². The van der Waals surface area contributed by atoms with E-state index in [4.69, 9.17) is 16.3 Å². The van der Waals surface area contributed by atoms with Gasteiger partial charge in [-0.15, -0.1) is 0 Å². The van der Waals surface area contributed by atoms with Gasteiger partial charge in [0.25, 0.3) is 5.60 Å². The Morgan fingerprint density at radius 1 is 1.04 bits per heavy atom. The maximum atomic E-state index is 14.0. The van der Waals surface area contributed by atoms with E-state index >= 15 is 0 Å². The molecule has 0 saturated carbocycles. The molecule has 1 aliphatic rings. The average Bonchev–Trinajstić information content (AvgIpc) is 2.59. The standard InChI is InChI=1S/C18H10ClF3O4/c19-12-7-5-10(6-8-12)15(23)17(18(20,21)22)13(16(24)25)9-11-3-1-2-4-14(11)26-17/h1-9H,(H,24,25). The quantitative estimate of drug-likeness (QED) is 0.800. The summed E-state index contributed by atoms with van der Waals surface area (Å²) in [6, 6.07) is 10.2. The van der Waals surface area contributed by atoms with Crippen LogP contribution in [0.5, 0.6) is 5.75 Å². The van der Waals surface area contributed by atoms with Crippen LogP contribution in [0.2, 0.25) is 5.02 Å². The number of halogens is 4. The number of Topliss-reactive ketones (excluding diaryl/α,β-unsaturated/α-hetero) is 1. The van der Waals surface area contributed by atoms with Crippen molar-refractivity contribution in [2.75, 3.05) is 0 Å². The smallest absolute Gasteiger partial charge is 0.440 e. The van der Waals surface area contributed by atoms with E-state index in [1.54, 1.807) is 0 Å². The van der Waals surface area contributed by atoms with Crippen molar-refractivity contribution in [1.29, 1.82) is 0 Å². The topological polar surface area (TPSA) is 63.6 Å². The van der Waals surface area contributed by atoms with Crippen molar-refractivity contribution in [3.8, 4) is 5.75 Å². The molecule has 1 unspecified atom stereocenters. The molecule has 8 heteroatoms. The highest BCUT2D eigenvalue weighted by Crippen LogP contribution is 2.47. The molecule has 1 atom stereocenters. The summed E-state index contributed by atoms with van der Waals surface area (Å²) in [6.07, 6.45) is -4.51. The Labute approximate surface area is 150 Å². The molecule has 1 heterocycles. The minimum atomic E-state index is -5.32. The lowest BCUT2D eigenvalue weighted by atomic mass is 9.81. The lowest BCUT2D eigenvalue weighted by molar-refractivity contribution is -0.215. The third-order valence-corrected chi connectivity index (χ3v) is 4.17. The summed E-state index contributed by atoms with van der Waals surface area (Å²) in [5.74, 6) is -3.68. The number of ketones is 1. The van der Waals surface area contributed by atoms with Crippen molar-refractivity contribution < 1.29 is 32.6 Å². The molecule has 134 valence electrons. The number of rotatable bonds is 3. The predicted octanol–water partition coefficient (Wildman–Crippen LogP) is 4.38. The maximum Gasteiger partial charge on any atom is 0.440 e. The van der Waals surface area contributed by atoms with Crippen LogP contribution in [0.25, 0.3) is 6.08 Å². The molecule has 0 aromatic heterocycles. The molecule has 26 heavy (non-hydrogen) atoms. The molecule has 1 aliphatic heterocycles. The predicted molar refractivity (Wildman–Crippen MR) is 87.3 cm³/mol. The van der Waals surface area contributed by atoms with E-state index in [0.717, 1.165) is 18.2 Å². The van der Waals surface area contributed by atoms with Crippen molar-refractivity contribution in [2.24, 2.45) is 0 Å². The van der Waals surface area contributed by atoms with E-state index < -0.39 is 29.1 Å². The first-order chi connectivity index (χ1) is 12.2. The molecule has 0 spiro atoms. The second kappa shape index (κ2) is 6.17. The molecule has 3 rings (SSSR count). The van der Waals surface area contributed by atoms with E-state index in [0.29, 0.717) is 0 Å². The van der Waals surface area contributed by atoms with Gasteiger partial charge in [-0.3, -0.25) is 4.79 Å². The molecular weight excluding hydrogens is 373 g/mol. The van der Waals surface area contributed by atoms with Crippen molar-refractivity contribution >= 4 is 29.4 Å². The molecule has 4 nitrogen and oxygen atoms in total. The fourth-order valence-electron chi connectivity index (χ4n) is 2.69. The second-order valence-electron chi connectivity index (χ2n) is 5.52. The lowest BCUT2D eigenvalue weighted by Gasteiger charge is -2.38. The van der Waals surface area contributed by atoms with Crippen LogP contribution in [0.3, 0.4) is 0 Å². The van der Waals surface area contributed by atoms with Crippen molar-refractivity contribution in [2.45, 2.75) is 11.8 Å². The van der Waals surface area contributed by atoms with Crippen LogP contribution in [-0.4, -0.2) is 28.6 Å². The first-order valence-corrected chi connectivity index (χ1v) is 7.65. The van der Waals surface area contributed by atoms with Crippen LogP contribution in [0.4, 0.5) is 13.2 Å². The Hall–Kier alpha value is -2.80. The van der Waals surface area contributed by atoms with Crippen LogP contribution >= 0.6 is 11.6 Å². The van der Waals surface area contributed by atoms with Crippen LogP contribution in [-0.2, 0) is 4.79 Å². The van der Waals surface area contributed by atoms with Gasteiger partial charge in [0.1, 0.15) is 5.75 Å². The summed E-state index contributed by atoms with van der Waals surface area (Å²) >= 11 is 5.70. The summed E-state index contributed by atoms with van der Waals surface area (Å²) < 4.78 is 47.2. The fourth-order valence-corrected chi connectivity index (χ4v) is 2.82. The molecule has 0 amide bonds. The van der Waals surface area contributed by atoms with Gasteiger partial charge >= 0.3 is 12.1 Å². The summed E-state index contributed by atoms with van der Waals surface area (Å²) in [6.45, 7) is 0. The summed E-state index contributed by atoms with van der Waals surface area (Å²) in [4.78, 5) is 24.4. The Morgan fingerprint density at radius 3 is 2.23 bits per heavy atom. The maximum absolute atomic E-state index is 14.0. The molecule has 0 bridgehead atoms. The number of carbonyl (C=O) groups is 2. The number of para-hydroxylation sites is 1. The van der Waals surface area contributed by atoms with Crippen molar-refractivity contribution in [1.82, 2.24) is 0 Å². The number of carboxylic acid groups (broad SMARTS) is 1. The van der Waals surface area contributed by atoms with Crippen LogP contribution < -0.4 is 4.74 Å². The van der Waals surface area contributed by atoms with Gasteiger partial charge in [0.2, 0.25) is 5.78 Å². The Morgan fingerprint density at radius 2 is 1.65 bits per heavy atom. The normalized spacial score (nSPS) is 19.2. The highest BCUT2D eigenvalue weighted by molar-refractivity contribution is 6.30. The summed E-state index contributed by atoms with van der Waals surface area (Å²) in [7, 11) is 0. The Kier molecular flexibility index (Phi) is 4.28. The van der Waals surface area contributed by atoms with Gasteiger partial charge in [-0.1, -0.05) is 29.8 Å². The molecule has 0 saturated heterocycles. The highest BCUT2D eigenvalue weighted by Gasteiger charge is 2.68. The van der Waals surface area contributed by atoms with Gasteiger partial charge in [0, 0.05) is 16.1 Å². The SMILES string of the molecule is O=C(O)C1=Cc2ccccc2OC1(C(=O)c1ccc(Cl)cc1)C(F)(F)F. The number of carboxylic acids is 1. The van der Waals surface area contributed by atoms with E-state index in [1.807, 2.05) is 0 Å². The van der Waals surface area contributed by atoms with Crippen molar-refractivity contribution in [3.63, 3.8) is 0 Å². The van der Waals surface area contributed by atoms with Crippen LogP contribution in [0.1, 0.15) is 15.9 Å². The number of ether oxygens (including phenoxy) is 1. The van der Waals surface area contributed by atoms with E-state index in [1.165, 1.54) is 36.4 Å². The number of alkyl halides is 3. The van der Waals surface area contributed by atoms with Gasteiger partial charge in [-0.05, 0) is 36.4 Å². The van der Waals surface area contributed by atoms with Gasteiger partial charge in [0.05, 0.1) is 5.57 Å². The molecule has 0 aliphatic carbocycles. The number of hydrogen-bond donors (Lipinski definition) is 1. The molecule has 2 aromatic rings. The number of fused-ring (bicyclic) bond motifs is 1. The highest BCUT2D eigenvalue weighted by atomic mass is 35.5. The fraction of sp³-hybridized carbons (Fsp3) is 0.111. The minimum absolute atomic E-state index is 0.133. The monoisotopic (exact) mass is 382 g/mol. The van der Waals surface area contributed by atoms with E-state index in [2.05, 4.69) is 0 Å². The first-order valence-electron chi connectivity index (χ1n) is 7.27. The van der Waals surface area contributed by atoms with Gasteiger partial charge in [0.15, 0.2) is 0 Å². The number of aliphatic carboxylic acids is 1. The third kappa shape index (κ3) is 2.74. The Bertz CT molecular complexity index is 919. The second-order valence-corrected chi connectivity index (χ2v) is 5.95. The number of benzene rings is 2. The molecule has 2 aromatic carbocycles. The zero-order valence-corrected chi connectivity index (χ0v) is 13.6. The lowest BCUT2D eigenvalue weighted by Crippen LogP contribution is -2.60. The van der Waals surface area contributed by atoms with Gasteiger partial charge in [-0.25, -0.2) is 4.79 Å². The average molecular weight is 383 g/mol. The van der Waals surface area contributed by atoms with Gasteiger partial charge < -0.3 is 9.84 Å². The zero-order chi connectivity index (χ0) is 19.1. The molecule has 0 radical (unpaired) electrons. The summed E-state index contributed by atoms with van der Waals surface area (Å²) in [5.41, 5.74) is -5.11. The van der Waals surface area contributed by atoms with E-state index in [-0.39, 0.29) is 21.9 Å². The van der Waals surface area contributed by atoms with Crippen LogP contribution in [0, 0.1) is 0 Å². The zero-order valence-electron chi connectivity index (χ0n) is 12.9. The first kappa shape index (κ1) is 18.0. The summed E-state index contributed by atoms with van der Waals surface area (Å²) in [5, 5.41) is 9.60. The number of hydrogen-bond acceptors (Lipinski definition) is 3. The molecule has 1 N–H and O–H groups in total. The Balaban J connectivity index is 2.27. The number of carbonyl (C=O) groups excluding carboxylic acids is 1. The largest absolute Gasteiger partial charge is 0.478 e. The van der Waals surface area contributed by atoms with E-state index in [9.17, 15) is 27.9 Å². The molecular formula is C18H10ClF3O4.